The van der Waals surface area contributed by atoms with Gasteiger partial charge in [-0.25, -0.2) is 0 Å². The standard InChI is InChI=1S/C9H18Cl2N2.2NO3/c10-1-3-12-5-7-13(9-12,4-2-11)8-6-12;2*2-1(3)4/h1-9H2;;/q+2;2*-1. The summed E-state index contributed by atoms with van der Waals surface area (Å²) >= 11 is 11.7. The normalized spacial score (nSPS) is 28.9. The lowest BCUT2D eigenvalue weighted by molar-refractivity contribution is -0.985. The number of rotatable bonds is 4. The predicted octanol–water partition coefficient (Wildman–Crippen LogP) is 0.604. The minimum atomic E-state index is -1.75. The van der Waals surface area contributed by atoms with Crippen LogP contribution >= 0.6 is 23.2 Å². The average molecular weight is 349 g/mol. The Morgan fingerprint density at radius 2 is 1.00 bits per heavy atom. The molecule has 12 heteroatoms. The molecular weight excluding hydrogens is 331 g/mol. The molecule has 2 bridgehead atoms. The first-order chi connectivity index (χ1) is 9.71. The van der Waals surface area contributed by atoms with Gasteiger partial charge in [-0.15, -0.1) is 23.2 Å². The molecule has 2 rings (SSSR count). The van der Waals surface area contributed by atoms with Crippen molar-refractivity contribution in [3.63, 3.8) is 0 Å². The highest BCUT2D eigenvalue weighted by atomic mass is 35.5. The van der Waals surface area contributed by atoms with Gasteiger partial charge in [-0.1, -0.05) is 0 Å². The van der Waals surface area contributed by atoms with E-state index < -0.39 is 10.2 Å². The molecule has 0 amide bonds. The molecule has 2 fully saturated rings. The summed E-state index contributed by atoms with van der Waals surface area (Å²) in [6.45, 7) is 8.90. The maximum absolute atomic E-state index is 8.25. The Kier molecular flexibility index (Phi) is 8.55. The van der Waals surface area contributed by atoms with Crippen LogP contribution in [0.2, 0.25) is 0 Å². The number of quaternary nitrogens is 2. The smallest absolute Gasteiger partial charge is 0.208 e. The topological polar surface area (TPSA) is 132 Å². The molecule has 0 radical (unpaired) electrons. The molecule has 2 heterocycles. The van der Waals surface area contributed by atoms with Crippen LogP contribution < -0.4 is 0 Å². The number of fused-ring (bicyclic) bond motifs is 2. The molecule has 2 aliphatic heterocycles. The molecule has 0 saturated carbocycles. The maximum Gasteiger partial charge on any atom is 0.208 e. The summed E-state index contributed by atoms with van der Waals surface area (Å²) in [5, 5.41) is 29.5. The zero-order chi connectivity index (χ0) is 16.5. The van der Waals surface area contributed by atoms with Crippen LogP contribution in [0, 0.1) is 30.6 Å². The third-order valence-electron chi connectivity index (χ3n) is 3.82. The van der Waals surface area contributed by atoms with E-state index in [0.717, 1.165) is 24.8 Å². The molecule has 10 nitrogen and oxygen atoms in total. The summed E-state index contributed by atoms with van der Waals surface area (Å²) in [6, 6.07) is 0. The van der Waals surface area contributed by atoms with Crippen molar-refractivity contribution < 1.29 is 19.1 Å². The van der Waals surface area contributed by atoms with Crippen LogP contribution in [-0.4, -0.2) is 76.8 Å². The summed E-state index contributed by atoms with van der Waals surface area (Å²) in [5.74, 6) is 1.61. The molecule has 0 unspecified atom stereocenters. The lowest BCUT2D eigenvalue weighted by atomic mass is 10.3. The Hall–Kier alpha value is -1.10. The second-order valence-electron chi connectivity index (χ2n) is 4.99. The molecule has 0 aromatic heterocycles. The van der Waals surface area contributed by atoms with E-state index in [0.29, 0.717) is 0 Å². The largest absolute Gasteiger partial charge is 0.356 e. The number of alkyl halides is 2. The summed E-state index contributed by atoms with van der Waals surface area (Å²) in [4.78, 5) is 16.5. The monoisotopic (exact) mass is 348 g/mol. The Morgan fingerprint density at radius 3 is 1.19 bits per heavy atom. The fourth-order valence-electron chi connectivity index (χ4n) is 2.94. The van der Waals surface area contributed by atoms with Crippen LogP contribution in [0.5, 0.6) is 0 Å². The summed E-state index contributed by atoms with van der Waals surface area (Å²) in [5.41, 5.74) is 0. The number of halogens is 2. The minimum Gasteiger partial charge on any atom is -0.356 e. The predicted molar refractivity (Wildman–Crippen MR) is 76.8 cm³/mol. The maximum atomic E-state index is 8.25. The lowest BCUT2D eigenvalue weighted by Gasteiger charge is -2.26. The quantitative estimate of drug-likeness (QED) is 0.316. The molecule has 0 atom stereocenters. The van der Waals surface area contributed by atoms with E-state index in [9.17, 15) is 0 Å². The molecule has 0 aromatic rings. The van der Waals surface area contributed by atoms with Gasteiger partial charge in [0.1, 0.15) is 26.2 Å². The highest BCUT2D eigenvalue weighted by molar-refractivity contribution is 6.18. The Bertz CT molecular complexity index is 311. The van der Waals surface area contributed by atoms with Crippen LogP contribution in [0.4, 0.5) is 0 Å². The van der Waals surface area contributed by atoms with Gasteiger partial charge in [0, 0.05) is 0 Å². The molecule has 21 heavy (non-hydrogen) atoms. The number of hydrogen-bond donors (Lipinski definition) is 0. The fraction of sp³-hybridized carbons (Fsp3) is 1.00. The molecule has 0 spiro atoms. The zero-order valence-corrected chi connectivity index (χ0v) is 12.9. The lowest BCUT2D eigenvalue weighted by Crippen LogP contribution is -2.48. The Labute approximate surface area is 131 Å². The molecule has 0 N–H and O–H groups in total. The van der Waals surface area contributed by atoms with Gasteiger partial charge >= 0.3 is 0 Å². The van der Waals surface area contributed by atoms with Gasteiger partial charge in [0.05, 0.1) is 35.0 Å². The van der Waals surface area contributed by atoms with Gasteiger partial charge in [-0.3, -0.25) is 8.97 Å². The molecule has 2 saturated heterocycles. The van der Waals surface area contributed by atoms with Gasteiger partial charge in [0.25, 0.3) is 0 Å². The van der Waals surface area contributed by atoms with E-state index in [-0.39, 0.29) is 0 Å². The molecule has 0 aromatic carbocycles. The number of nitrogens with zero attached hydrogens (tertiary/aromatic N) is 4. The van der Waals surface area contributed by atoms with E-state index in [1.54, 1.807) is 0 Å². The first-order valence-electron chi connectivity index (χ1n) is 6.16. The van der Waals surface area contributed by atoms with Gasteiger partial charge < -0.3 is 30.6 Å². The van der Waals surface area contributed by atoms with Crippen LogP contribution in [0.15, 0.2) is 0 Å². The van der Waals surface area contributed by atoms with Crippen molar-refractivity contribution in [3.8, 4) is 0 Å². The molecule has 2 aliphatic rings. The molecular formula is C9H18Cl2N4O6. The number of hydrogen-bond acceptors (Lipinski definition) is 6. The second kappa shape index (κ2) is 9.03. The van der Waals surface area contributed by atoms with Crippen molar-refractivity contribution in [2.75, 3.05) is 57.7 Å². The van der Waals surface area contributed by atoms with Crippen molar-refractivity contribution in [2.24, 2.45) is 0 Å². The van der Waals surface area contributed by atoms with Crippen LogP contribution in [-0.2, 0) is 0 Å². The zero-order valence-electron chi connectivity index (χ0n) is 11.4. The van der Waals surface area contributed by atoms with Crippen LogP contribution in [0.1, 0.15) is 0 Å². The van der Waals surface area contributed by atoms with Crippen molar-refractivity contribution in [1.29, 1.82) is 0 Å². The van der Waals surface area contributed by atoms with Gasteiger partial charge in [-0.05, 0) is 0 Å². The highest BCUT2D eigenvalue weighted by Crippen LogP contribution is 2.31. The minimum absolute atomic E-state index is 0.806. The number of piperazine rings is 1. The van der Waals surface area contributed by atoms with E-state index in [4.69, 9.17) is 53.8 Å². The van der Waals surface area contributed by atoms with Crippen molar-refractivity contribution >= 4 is 23.2 Å². The third kappa shape index (κ3) is 7.46. The van der Waals surface area contributed by atoms with Crippen molar-refractivity contribution in [1.82, 2.24) is 0 Å². The van der Waals surface area contributed by atoms with Crippen LogP contribution in [0.25, 0.3) is 0 Å². The molecule has 124 valence electrons. The van der Waals surface area contributed by atoms with E-state index in [1.807, 2.05) is 0 Å². The Balaban J connectivity index is 0.000000421. The summed E-state index contributed by atoms with van der Waals surface area (Å²) in [6.07, 6.45) is 0. The van der Waals surface area contributed by atoms with E-state index in [1.165, 1.54) is 41.8 Å². The summed E-state index contributed by atoms with van der Waals surface area (Å²) in [7, 11) is 0. The van der Waals surface area contributed by atoms with Gasteiger partial charge in [-0.2, -0.15) is 0 Å². The van der Waals surface area contributed by atoms with Crippen LogP contribution in [0.3, 0.4) is 0 Å². The van der Waals surface area contributed by atoms with Crippen molar-refractivity contribution in [3.05, 3.63) is 30.6 Å². The van der Waals surface area contributed by atoms with E-state index in [2.05, 4.69) is 0 Å². The van der Waals surface area contributed by atoms with E-state index >= 15 is 0 Å². The Morgan fingerprint density at radius 1 is 0.762 bits per heavy atom. The molecule has 0 aliphatic carbocycles. The highest BCUT2D eigenvalue weighted by Gasteiger charge is 2.54. The fourth-order valence-corrected chi connectivity index (χ4v) is 3.66. The van der Waals surface area contributed by atoms with Crippen molar-refractivity contribution in [2.45, 2.75) is 0 Å². The first kappa shape index (κ1) is 19.9. The van der Waals surface area contributed by atoms with Gasteiger partial charge in [0.15, 0.2) is 0 Å². The second-order valence-corrected chi connectivity index (χ2v) is 5.75. The van der Waals surface area contributed by atoms with Gasteiger partial charge in [0.2, 0.25) is 6.67 Å². The summed E-state index contributed by atoms with van der Waals surface area (Å²) < 4.78 is 2.53. The SMILES string of the molecule is ClCC[N+]12CC[N+](CCCl)(CC1)C2.O=[N+]([O-])[O-].O=[N+]([O-])[O-]. The first-order valence-corrected chi connectivity index (χ1v) is 7.23. The third-order valence-corrected chi connectivity index (χ3v) is 4.15. The average Bonchev–Trinajstić information content (AvgIpc) is 2.84.